The summed E-state index contributed by atoms with van der Waals surface area (Å²) in [7, 11) is 0. The van der Waals surface area contributed by atoms with Crippen LogP contribution in [0.4, 0.5) is 0 Å². The van der Waals surface area contributed by atoms with Crippen LogP contribution < -0.4 is 11.0 Å². The van der Waals surface area contributed by atoms with E-state index in [0.29, 0.717) is 38.8 Å². The Bertz CT molecular complexity index is 1550. The summed E-state index contributed by atoms with van der Waals surface area (Å²) in [5, 5.41) is 14.0. The number of furan rings is 1. The SMILES string of the molecule is CC(C)n1[nH]c(=O)c2c(-c3ccc(O)c(Cl)c3)c3oc4cc(=O)ccc4c3[nH]c21. The first kappa shape index (κ1) is 17.6. The Kier molecular flexibility index (Phi) is 3.66. The number of phenols is 1. The van der Waals surface area contributed by atoms with Gasteiger partial charge in [0, 0.05) is 23.1 Å². The fraction of sp³-hybridized carbons (Fsp3) is 0.143. The number of nitrogens with one attached hydrogen (secondary N) is 2. The van der Waals surface area contributed by atoms with Crippen molar-refractivity contribution in [2.75, 3.05) is 0 Å². The van der Waals surface area contributed by atoms with Gasteiger partial charge >= 0.3 is 0 Å². The molecule has 0 radical (unpaired) electrons. The van der Waals surface area contributed by atoms with E-state index in [1.54, 1.807) is 22.9 Å². The van der Waals surface area contributed by atoms with Crippen LogP contribution in [0.2, 0.25) is 5.02 Å². The number of rotatable bonds is 2. The lowest BCUT2D eigenvalue weighted by Crippen LogP contribution is -2.07. The highest BCUT2D eigenvalue weighted by atomic mass is 35.5. The number of hydrogen-bond acceptors (Lipinski definition) is 4. The van der Waals surface area contributed by atoms with Crippen LogP contribution in [0.15, 0.2) is 50.4 Å². The van der Waals surface area contributed by atoms with E-state index in [-0.39, 0.29) is 27.8 Å². The predicted molar refractivity (Wildman–Crippen MR) is 113 cm³/mol. The maximum absolute atomic E-state index is 12.9. The lowest BCUT2D eigenvalue weighted by atomic mass is 10.0. The average molecular weight is 410 g/mol. The molecule has 0 amide bonds. The largest absolute Gasteiger partial charge is 0.506 e. The van der Waals surface area contributed by atoms with Crippen LogP contribution in [0.1, 0.15) is 19.9 Å². The number of benzene rings is 2. The molecule has 5 aromatic rings. The van der Waals surface area contributed by atoms with E-state index in [9.17, 15) is 14.7 Å². The van der Waals surface area contributed by atoms with Crippen LogP contribution in [0.5, 0.6) is 5.75 Å². The van der Waals surface area contributed by atoms with Gasteiger partial charge in [0.1, 0.15) is 17.0 Å². The summed E-state index contributed by atoms with van der Waals surface area (Å²) >= 11 is 6.14. The third kappa shape index (κ3) is 2.51. The van der Waals surface area contributed by atoms with Crippen molar-refractivity contribution in [2.24, 2.45) is 0 Å². The van der Waals surface area contributed by atoms with Gasteiger partial charge in [-0.2, -0.15) is 0 Å². The number of H-pyrrole nitrogens is 2. The number of pyridine rings is 1. The van der Waals surface area contributed by atoms with Gasteiger partial charge in [-0.05, 0) is 43.7 Å². The van der Waals surface area contributed by atoms with Crippen LogP contribution in [0.25, 0.3) is 44.2 Å². The Morgan fingerprint density at radius 3 is 2.66 bits per heavy atom. The number of aromatic nitrogens is 3. The van der Waals surface area contributed by atoms with Gasteiger partial charge < -0.3 is 14.5 Å². The minimum atomic E-state index is -0.281. The molecule has 2 aromatic carbocycles. The lowest BCUT2D eigenvalue weighted by Gasteiger charge is -2.10. The fourth-order valence-electron chi connectivity index (χ4n) is 3.74. The maximum Gasteiger partial charge on any atom is 0.274 e. The summed E-state index contributed by atoms with van der Waals surface area (Å²) < 4.78 is 7.78. The molecule has 0 aliphatic heterocycles. The van der Waals surface area contributed by atoms with Gasteiger partial charge in [-0.1, -0.05) is 17.7 Å². The Labute approximate surface area is 168 Å². The third-order valence-electron chi connectivity index (χ3n) is 5.06. The fourth-order valence-corrected chi connectivity index (χ4v) is 3.92. The Balaban J connectivity index is 2.05. The maximum atomic E-state index is 12.9. The number of aromatic hydroxyl groups is 1. The molecule has 3 N–H and O–H groups in total. The van der Waals surface area contributed by atoms with Crippen molar-refractivity contribution in [2.45, 2.75) is 19.9 Å². The molecule has 0 atom stereocenters. The molecule has 3 aromatic heterocycles. The van der Waals surface area contributed by atoms with Crippen molar-refractivity contribution in [3.8, 4) is 16.9 Å². The normalized spacial score (nSPS) is 12.0. The summed E-state index contributed by atoms with van der Waals surface area (Å²) in [6, 6.07) is 9.32. The number of phenolic OH excluding ortho intramolecular Hbond substituents is 1. The molecule has 7 nitrogen and oxygen atoms in total. The predicted octanol–water partition coefficient (Wildman–Crippen LogP) is 4.52. The molecule has 146 valence electrons. The molecule has 0 bridgehead atoms. The zero-order valence-electron chi connectivity index (χ0n) is 15.5. The number of aromatic amines is 2. The zero-order chi connectivity index (χ0) is 20.4. The number of hydrogen-bond donors (Lipinski definition) is 3. The summed E-state index contributed by atoms with van der Waals surface area (Å²) in [6.07, 6.45) is 0. The Morgan fingerprint density at radius 2 is 1.93 bits per heavy atom. The molecular formula is C21H16ClN3O4. The highest BCUT2D eigenvalue weighted by molar-refractivity contribution is 6.32. The van der Waals surface area contributed by atoms with E-state index in [1.165, 1.54) is 18.2 Å². The summed E-state index contributed by atoms with van der Waals surface area (Å²) in [4.78, 5) is 28.0. The first-order chi connectivity index (χ1) is 13.8. The molecule has 3 heterocycles. The topological polar surface area (TPSA) is 104 Å². The second kappa shape index (κ2) is 6.02. The molecule has 29 heavy (non-hydrogen) atoms. The van der Waals surface area contributed by atoms with Crippen molar-refractivity contribution in [3.63, 3.8) is 0 Å². The van der Waals surface area contributed by atoms with Crippen LogP contribution in [0, 0.1) is 0 Å². The third-order valence-corrected chi connectivity index (χ3v) is 5.36. The van der Waals surface area contributed by atoms with Crippen molar-refractivity contribution in [1.29, 1.82) is 0 Å². The smallest absolute Gasteiger partial charge is 0.274 e. The van der Waals surface area contributed by atoms with Crippen LogP contribution in [0.3, 0.4) is 0 Å². The standard InChI is InChI=1S/C21H16ClN3O4/c1-9(2)25-20-17(21(28)24-25)16(10-3-6-14(27)13(22)7-10)19-18(23-20)12-5-4-11(26)8-15(12)29-19/h3-9,23,27H,1-2H3,(H,24,28). The van der Waals surface area contributed by atoms with E-state index in [2.05, 4.69) is 10.1 Å². The van der Waals surface area contributed by atoms with Gasteiger partial charge in [-0.25, -0.2) is 0 Å². The van der Waals surface area contributed by atoms with Crippen molar-refractivity contribution in [3.05, 3.63) is 62.0 Å². The van der Waals surface area contributed by atoms with E-state index < -0.39 is 0 Å². The first-order valence-electron chi connectivity index (χ1n) is 9.07. The molecule has 0 fully saturated rings. The summed E-state index contributed by atoms with van der Waals surface area (Å²) in [5.74, 6) is -0.0559. The molecule has 0 aliphatic rings. The van der Waals surface area contributed by atoms with E-state index in [4.69, 9.17) is 16.0 Å². The second-order valence-electron chi connectivity index (χ2n) is 7.26. The first-order valence-corrected chi connectivity index (χ1v) is 9.44. The minimum Gasteiger partial charge on any atom is -0.506 e. The van der Waals surface area contributed by atoms with Crippen molar-refractivity contribution in [1.82, 2.24) is 14.8 Å². The molecule has 0 unspecified atom stereocenters. The van der Waals surface area contributed by atoms with E-state index in [1.807, 2.05) is 13.8 Å². The quantitative estimate of drug-likeness (QED) is 0.398. The number of halogens is 1. The minimum absolute atomic E-state index is 0.00318. The average Bonchev–Trinajstić information content (AvgIpc) is 3.19. The number of fused-ring (bicyclic) bond motifs is 4. The molecule has 0 saturated carbocycles. The van der Waals surface area contributed by atoms with E-state index >= 15 is 0 Å². The molecule has 0 aliphatic carbocycles. The van der Waals surface area contributed by atoms with Crippen molar-refractivity contribution >= 4 is 44.7 Å². The number of nitrogens with zero attached hydrogens (tertiary/aromatic N) is 1. The summed E-state index contributed by atoms with van der Waals surface area (Å²) in [5.41, 5.74) is 2.84. The van der Waals surface area contributed by atoms with Gasteiger partial charge in [-0.3, -0.25) is 19.4 Å². The van der Waals surface area contributed by atoms with Crippen LogP contribution >= 0.6 is 11.6 Å². The van der Waals surface area contributed by atoms with Crippen molar-refractivity contribution < 1.29 is 9.52 Å². The Morgan fingerprint density at radius 1 is 1.14 bits per heavy atom. The highest BCUT2D eigenvalue weighted by Crippen LogP contribution is 2.40. The molecule has 0 spiro atoms. The van der Waals surface area contributed by atoms with Gasteiger partial charge in [0.05, 0.1) is 15.9 Å². The highest BCUT2D eigenvalue weighted by Gasteiger charge is 2.23. The Hall–Kier alpha value is -3.45. The molecule has 8 heteroatoms. The molecule has 0 saturated heterocycles. The molecular weight excluding hydrogens is 394 g/mol. The van der Waals surface area contributed by atoms with E-state index in [0.717, 1.165) is 5.39 Å². The van der Waals surface area contributed by atoms with Gasteiger partial charge in [-0.15, -0.1) is 0 Å². The van der Waals surface area contributed by atoms with Crippen LogP contribution in [-0.4, -0.2) is 19.9 Å². The van der Waals surface area contributed by atoms with Crippen LogP contribution in [-0.2, 0) is 0 Å². The zero-order valence-corrected chi connectivity index (χ0v) is 16.3. The lowest BCUT2D eigenvalue weighted by molar-refractivity contribution is 0.475. The van der Waals surface area contributed by atoms with Gasteiger partial charge in [0.15, 0.2) is 11.0 Å². The summed E-state index contributed by atoms with van der Waals surface area (Å²) in [6.45, 7) is 3.92. The molecule has 5 rings (SSSR count). The second-order valence-corrected chi connectivity index (χ2v) is 7.67. The van der Waals surface area contributed by atoms with Gasteiger partial charge in [0.2, 0.25) is 0 Å². The van der Waals surface area contributed by atoms with Gasteiger partial charge in [0.25, 0.3) is 5.56 Å². The monoisotopic (exact) mass is 409 g/mol.